The van der Waals surface area contributed by atoms with Crippen molar-refractivity contribution in [3.63, 3.8) is 0 Å². The zero-order chi connectivity index (χ0) is 26.9. The molecule has 3 aromatic rings. The Kier molecular flexibility index (Phi) is 7.29. The van der Waals surface area contributed by atoms with Crippen LogP contribution in [0.15, 0.2) is 48.7 Å². The molecule has 3 heterocycles. The maximum Gasteiger partial charge on any atom is 0.304 e. The van der Waals surface area contributed by atoms with Gasteiger partial charge in [-0.15, -0.1) is 0 Å². The summed E-state index contributed by atoms with van der Waals surface area (Å²) in [6, 6.07) is 13.9. The maximum atomic E-state index is 11.7. The Morgan fingerprint density at radius 1 is 1.11 bits per heavy atom. The van der Waals surface area contributed by atoms with Crippen LogP contribution in [0.3, 0.4) is 0 Å². The summed E-state index contributed by atoms with van der Waals surface area (Å²) in [6.07, 6.45) is 2.63. The number of carboxylic acids is 1. The van der Waals surface area contributed by atoms with E-state index in [4.69, 9.17) is 19.3 Å². The van der Waals surface area contributed by atoms with E-state index in [-0.39, 0.29) is 29.9 Å². The van der Waals surface area contributed by atoms with Crippen molar-refractivity contribution in [3.8, 4) is 28.5 Å². The van der Waals surface area contributed by atoms with Crippen molar-refractivity contribution in [2.24, 2.45) is 0 Å². The lowest BCUT2D eigenvalue weighted by molar-refractivity contribution is -0.137. The SMILES string of the molecule is Cc1cc(OC2CCS(=O)(=O)CC2)cc(C)c1-c1cccc(COc2cc3c(cn2)C(CC(=O)O)CO3)c1. The fourth-order valence-electron chi connectivity index (χ4n) is 5.20. The number of hydrogen-bond donors (Lipinski definition) is 1. The van der Waals surface area contributed by atoms with E-state index < -0.39 is 15.8 Å². The van der Waals surface area contributed by atoms with Crippen LogP contribution in [-0.2, 0) is 21.2 Å². The van der Waals surface area contributed by atoms with Gasteiger partial charge in [-0.05, 0) is 72.7 Å². The molecular weight excluding hydrogens is 506 g/mol. The second kappa shape index (κ2) is 10.6. The Morgan fingerprint density at radius 2 is 1.84 bits per heavy atom. The average Bonchev–Trinajstić information content (AvgIpc) is 3.25. The van der Waals surface area contributed by atoms with Crippen LogP contribution in [0, 0.1) is 13.8 Å². The minimum atomic E-state index is -2.92. The lowest BCUT2D eigenvalue weighted by Crippen LogP contribution is -2.30. The summed E-state index contributed by atoms with van der Waals surface area (Å²) in [6.45, 7) is 4.76. The average molecular weight is 538 g/mol. The number of aryl methyl sites for hydroxylation is 2. The van der Waals surface area contributed by atoms with Gasteiger partial charge in [-0.2, -0.15) is 0 Å². The summed E-state index contributed by atoms with van der Waals surface area (Å²) in [4.78, 5) is 15.4. The summed E-state index contributed by atoms with van der Waals surface area (Å²) >= 11 is 0. The van der Waals surface area contributed by atoms with E-state index in [0.717, 1.165) is 39.1 Å². The van der Waals surface area contributed by atoms with Gasteiger partial charge in [0, 0.05) is 23.7 Å². The molecule has 0 aliphatic carbocycles. The smallest absolute Gasteiger partial charge is 0.304 e. The number of aromatic nitrogens is 1. The fourth-order valence-corrected chi connectivity index (χ4v) is 6.65. The van der Waals surface area contributed by atoms with Crippen LogP contribution in [0.25, 0.3) is 11.1 Å². The molecule has 1 saturated heterocycles. The van der Waals surface area contributed by atoms with E-state index >= 15 is 0 Å². The summed E-state index contributed by atoms with van der Waals surface area (Å²) in [5.74, 6) is 1.13. The van der Waals surface area contributed by atoms with Gasteiger partial charge in [0.1, 0.15) is 24.2 Å². The number of carbonyl (C=O) groups is 1. The van der Waals surface area contributed by atoms with Gasteiger partial charge in [0.25, 0.3) is 0 Å². The normalized spacial score (nSPS) is 18.4. The van der Waals surface area contributed by atoms with Crippen LogP contribution < -0.4 is 14.2 Å². The maximum absolute atomic E-state index is 11.7. The zero-order valence-electron chi connectivity index (χ0n) is 21.5. The minimum absolute atomic E-state index is 0.0124. The van der Waals surface area contributed by atoms with E-state index in [0.29, 0.717) is 37.7 Å². The topological polar surface area (TPSA) is 112 Å². The predicted octanol–water partition coefficient (Wildman–Crippen LogP) is 4.85. The van der Waals surface area contributed by atoms with Crippen molar-refractivity contribution >= 4 is 15.8 Å². The van der Waals surface area contributed by atoms with Crippen molar-refractivity contribution in [2.45, 2.75) is 51.7 Å². The first-order chi connectivity index (χ1) is 18.2. The molecule has 1 aromatic heterocycles. The number of carboxylic acid groups (broad SMARTS) is 1. The number of rotatable bonds is 8. The number of hydrogen-bond acceptors (Lipinski definition) is 7. The van der Waals surface area contributed by atoms with Crippen LogP contribution in [0.4, 0.5) is 0 Å². The molecule has 2 aliphatic rings. The number of benzene rings is 2. The number of ether oxygens (including phenoxy) is 3. The highest BCUT2D eigenvalue weighted by molar-refractivity contribution is 7.91. The quantitative estimate of drug-likeness (QED) is 0.434. The largest absolute Gasteiger partial charge is 0.492 e. The van der Waals surface area contributed by atoms with Crippen molar-refractivity contribution in [2.75, 3.05) is 18.1 Å². The molecule has 0 bridgehead atoms. The van der Waals surface area contributed by atoms with E-state index in [1.807, 2.05) is 24.3 Å². The molecule has 200 valence electrons. The molecule has 1 atom stereocenters. The fraction of sp³-hybridized carbons (Fsp3) is 0.379. The molecule has 2 aliphatic heterocycles. The Morgan fingerprint density at radius 3 is 2.55 bits per heavy atom. The molecular formula is C29H31NO7S. The monoisotopic (exact) mass is 537 g/mol. The third kappa shape index (κ3) is 5.93. The third-order valence-corrected chi connectivity index (χ3v) is 8.80. The van der Waals surface area contributed by atoms with Gasteiger partial charge >= 0.3 is 5.97 Å². The third-order valence-electron chi connectivity index (χ3n) is 7.08. The molecule has 1 unspecified atom stereocenters. The van der Waals surface area contributed by atoms with E-state index in [2.05, 4.69) is 31.0 Å². The molecule has 2 aromatic carbocycles. The lowest BCUT2D eigenvalue weighted by Gasteiger charge is -2.24. The standard InChI is InChI=1S/C29H31NO7S/c1-18-10-24(37-23-6-8-38(33,34)9-7-23)11-19(2)29(18)21-5-3-4-20(12-21)16-36-27-14-26-25(15-30-27)22(17-35-26)13-28(31)32/h3-5,10-12,14-15,22-23H,6-9,13,16-17H2,1-2H3,(H,31,32). The van der Waals surface area contributed by atoms with Gasteiger partial charge in [0.05, 0.1) is 24.5 Å². The van der Waals surface area contributed by atoms with Gasteiger partial charge in [-0.25, -0.2) is 13.4 Å². The summed E-state index contributed by atoms with van der Waals surface area (Å²) < 4.78 is 41.1. The number of aliphatic carboxylic acids is 1. The lowest BCUT2D eigenvalue weighted by atomic mass is 9.94. The molecule has 5 rings (SSSR count). The Hall–Kier alpha value is -3.59. The summed E-state index contributed by atoms with van der Waals surface area (Å²) in [5, 5.41) is 9.07. The molecule has 0 spiro atoms. The molecule has 0 saturated carbocycles. The highest BCUT2D eigenvalue weighted by atomic mass is 32.2. The molecule has 1 fully saturated rings. The Labute approximate surface area is 222 Å². The van der Waals surface area contributed by atoms with Gasteiger partial charge in [-0.3, -0.25) is 4.79 Å². The van der Waals surface area contributed by atoms with Crippen molar-refractivity contribution in [3.05, 3.63) is 70.9 Å². The predicted molar refractivity (Wildman–Crippen MR) is 143 cm³/mol. The van der Waals surface area contributed by atoms with Crippen LogP contribution in [0.2, 0.25) is 0 Å². The van der Waals surface area contributed by atoms with Crippen molar-refractivity contribution in [1.29, 1.82) is 0 Å². The molecule has 9 heteroatoms. The Bertz CT molecular complexity index is 1430. The number of nitrogens with zero attached hydrogens (tertiary/aromatic N) is 1. The van der Waals surface area contributed by atoms with Gasteiger partial charge in [0.15, 0.2) is 9.84 Å². The number of fused-ring (bicyclic) bond motifs is 1. The van der Waals surface area contributed by atoms with Crippen LogP contribution >= 0.6 is 0 Å². The summed E-state index contributed by atoms with van der Waals surface area (Å²) in [7, 11) is -2.92. The van der Waals surface area contributed by atoms with Crippen LogP contribution in [0.5, 0.6) is 17.4 Å². The minimum Gasteiger partial charge on any atom is -0.492 e. The first-order valence-electron chi connectivity index (χ1n) is 12.7. The van der Waals surface area contributed by atoms with E-state index in [1.54, 1.807) is 12.3 Å². The van der Waals surface area contributed by atoms with Crippen LogP contribution in [0.1, 0.15) is 47.4 Å². The molecule has 1 N–H and O–H groups in total. The first-order valence-corrected chi connectivity index (χ1v) is 14.5. The Balaban J connectivity index is 1.26. The van der Waals surface area contributed by atoms with E-state index in [9.17, 15) is 13.2 Å². The van der Waals surface area contributed by atoms with Gasteiger partial charge in [-0.1, -0.05) is 18.2 Å². The van der Waals surface area contributed by atoms with E-state index in [1.165, 1.54) is 0 Å². The highest BCUT2D eigenvalue weighted by Crippen LogP contribution is 2.37. The van der Waals surface area contributed by atoms with Crippen LogP contribution in [-0.4, -0.2) is 48.7 Å². The van der Waals surface area contributed by atoms with Gasteiger partial charge < -0.3 is 19.3 Å². The second-order valence-corrected chi connectivity index (χ2v) is 12.4. The molecule has 0 radical (unpaired) electrons. The zero-order valence-corrected chi connectivity index (χ0v) is 22.3. The second-order valence-electron chi connectivity index (χ2n) is 10.1. The molecule has 38 heavy (non-hydrogen) atoms. The van der Waals surface area contributed by atoms with Gasteiger partial charge in [0.2, 0.25) is 5.88 Å². The van der Waals surface area contributed by atoms with Crippen molar-refractivity contribution in [1.82, 2.24) is 4.98 Å². The first kappa shape index (κ1) is 26.0. The number of sulfone groups is 1. The number of pyridine rings is 1. The molecule has 8 nitrogen and oxygen atoms in total. The highest BCUT2D eigenvalue weighted by Gasteiger charge is 2.28. The van der Waals surface area contributed by atoms with Crippen molar-refractivity contribution < 1.29 is 32.5 Å². The summed E-state index contributed by atoms with van der Waals surface area (Å²) in [5.41, 5.74) is 6.13. The molecule has 0 amide bonds.